The molecule has 134 valence electrons. The predicted molar refractivity (Wildman–Crippen MR) is 104 cm³/mol. The van der Waals surface area contributed by atoms with Crippen LogP contribution in [-0.2, 0) is 11.8 Å². The smallest absolute Gasteiger partial charge is 0.423 e. The highest BCUT2D eigenvalue weighted by atomic mass is 16.4. The van der Waals surface area contributed by atoms with Gasteiger partial charge in [0.15, 0.2) is 12.4 Å². The van der Waals surface area contributed by atoms with E-state index in [1.165, 1.54) is 43.2 Å². The lowest BCUT2D eigenvalue weighted by atomic mass is 9.74. The van der Waals surface area contributed by atoms with Crippen LogP contribution in [0.2, 0.25) is 0 Å². The number of hydrogen-bond donors (Lipinski definition) is 2. The van der Waals surface area contributed by atoms with E-state index < -0.39 is 7.12 Å². The van der Waals surface area contributed by atoms with Crippen molar-refractivity contribution in [1.29, 1.82) is 0 Å². The Morgan fingerprint density at radius 3 is 2.24 bits per heavy atom. The molecule has 2 aromatic rings. The Kier molecular flexibility index (Phi) is 7.21. The maximum absolute atomic E-state index is 9.39. The van der Waals surface area contributed by atoms with Crippen LogP contribution < -0.4 is 10.4 Å². The number of unbranched alkanes of at least 4 members (excludes halogenated alkanes) is 4. The molecule has 0 aliphatic carbocycles. The van der Waals surface area contributed by atoms with Gasteiger partial charge >= 0.3 is 7.12 Å². The van der Waals surface area contributed by atoms with Crippen molar-refractivity contribution in [2.45, 2.75) is 64.7 Å². The summed E-state index contributed by atoms with van der Waals surface area (Å²) in [5, 5.41) is 18.8. The molecular formula is C21H31BNO2+. The third-order valence-corrected chi connectivity index (χ3v) is 5.08. The first-order valence-corrected chi connectivity index (χ1v) is 9.42. The van der Waals surface area contributed by atoms with Crippen LogP contribution in [0.15, 0.2) is 42.7 Å². The van der Waals surface area contributed by atoms with Gasteiger partial charge in [-0.3, -0.25) is 0 Å². The van der Waals surface area contributed by atoms with Crippen molar-refractivity contribution in [3.63, 3.8) is 0 Å². The number of aromatic amines is 1. The van der Waals surface area contributed by atoms with Crippen LogP contribution in [-0.4, -0.2) is 17.2 Å². The van der Waals surface area contributed by atoms with Crippen molar-refractivity contribution in [3.05, 3.63) is 59.4 Å². The summed E-state index contributed by atoms with van der Waals surface area (Å²) in [7, 11) is -1.46. The molecule has 1 heterocycles. The number of aryl methyl sites for hydroxylation is 1. The molecule has 1 aromatic heterocycles. The van der Waals surface area contributed by atoms with Gasteiger partial charge in [0, 0.05) is 16.4 Å². The Labute approximate surface area is 152 Å². The maximum atomic E-state index is 9.39. The molecule has 0 saturated carbocycles. The van der Waals surface area contributed by atoms with Gasteiger partial charge in [0.05, 0.1) is 0 Å². The van der Waals surface area contributed by atoms with E-state index in [0.717, 1.165) is 12.0 Å². The standard InChI is InChI=1S/C21H30BNO2/c1-4-5-6-7-8-9-17-10-12-18(13-11-17)21(2,3)19-14-20(22(24)25)16-23-15-19/h10-16,24-25H,4-9H2,1-3H3/p+1. The van der Waals surface area contributed by atoms with Crippen LogP contribution in [0.3, 0.4) is 0 Å². The van der Waals surface area contributed by atoms with Crippen molar-refractivity contribution < 1.29 is 15.0 Å². The Morgan fingerprint density at radius 1 is 0.920 bits per heavy atom. The molecule has 3 N–H and O–H groups in total. The van der Waals surface area contributed by atoms with Crippen LogP contribution >= 0.6 is 0 Å². The highest BCUT2D eigenvalue weighted by Gasteiger charge is 2.27. The molecule has 0 saturated heterocycles. The zero-order valence-corrected chi connectivity index (χ0v) is 15.8. The second-order valence-electron chi connectivity index (χ2n) is 7.41. The number of benzene rings is 1. The number of H-pyrrole nitrogens is 1. The molecular weight excluding hydrogens is 309 g/mol. The lowest BCUT2D eigenvalue weighted by Crippen LogP contribution is -2.35. The largest absolute Gasteiger partial charge is 0.494 e. The van der Waals surface area contributed by atoms with E-state index in [9.17, 15) is 10.0 Å². The van der Waals surface area contributed by atoms with E-state index in [1.807, 2.05) is 12.3 Å². The summed E-state index contributed by atoms with van der Waals surface area (Å²) in [6.07, 6.45) is 11.2. The maximum Gasteiger partial charge on any atom is 0.494 e. The molecule has 0 amide bonds. The van der Waals surface area contributed by atoms with Crippen LogP contribution in [0.1, 0.15) is 69.6 Å². The second kappa shape index (κ2) is 9.16. The molecule has 0 aliphatic rings. The highest BCUT2D eigenvalue weighted by molar-refractivity contribution is 6.58. The van der Waals surface area contributed by atoms with E-state index in [-0.39, 0.29) is 5.41 Å². The van der Waals surface area contributed by atoms with Crippen LogP contribution in [0, 0.1) is 0 Å². The lowest BCUT2D eigenvalue weighted by molar-refractivity contribution is -0.377. The molecule has 0 unspecified atom stereocenters. The number of aromatic nitrogens is 1. The topological polar surface area (TPSA) is 54.6 Å². The summed E-state index contributed by atoms with van der Waals surface area (Å²) in [4.78, 5) is 3.02. The first-order valence-electron chi connectivity index (χ1n) is 9.42. The molecule has 0 atom stereocenters. The fraction of sp³-hybridized carbons (Fsp3) is 0.476. The summed E-state index contributed by atoms with van der Waals surface area (Å²) in [5.74, 6) is 0. The SMILES string of the molecule is CCCCCCCc1ccc(C(C)(C)c2c[nH+]cc(B(O)O)c2)cc1. The van der Waals surface area contributed by atoms with Crippen molar-refractivity contribution in [1.82, 2.24) is 0 Å². The van der Waals surface area contributed by atoms with Gasteiger partial charge in [-0.2, -0.15) is 0 Å². The van der Waals surface area contributed by atoms with Gasteiger partial charge in [0.25, 0.3) is 0 Å². The van der Waals surface area contributed by atoms with E-state index in [1.54, 1.807) is 6.20 Å². The van der Waals surface area contributed by atoms with Crippen LogP contribution in [0.4, 0.5) is 0 Å². The van der Waals surface area contributed by atoms with Crippen LogP contribution in [0.5, 0.6) is 0 Å². The molecule has 2 rings (SSSR count). The van der Waals surface area contributed by atoms with Gasteiger partial charge < -0.3 is 10.0 Å². The van der Waals surface area contributed by atoms with Crippen molar-refractivity contribution in [2.24, 2.45) is 0 Å². The average Bonchev–Trinajstić information content (AvgIpc) is 2.62. The molecule has 4 heteroatoms. The molecule has 0 bridgehead atoms. The quantitative estimate of drug-likeness (QED) is 0.545. The summed E-state index contributed by atoms with van der Waals surface area (Å²) in [5.41, 5.74) is 3.92. The summed E-state index contributed by atoms with van der Waals surface area (Å²) >= 11 is 0. The number of pyridine rings is 1. The molecule has 1 aromatic carbocycles. The van der Waals surface area contributed by atoms with E-state index in [0.29, 0.717) is 5.46 Å². The first-order chi connectivity index (χ1) is 11.9. The first kappa shape index (κ1) is 19.7. The van der Waals surface area contributed by atoms with Gasteiger partial charge in [-0.25, -0.2) is 4.98 Å². The minimum absolute atomic E-state index is 0.207. The van der Waals surface area contributed by atoms with Gasteiger partial charge in [-0.15, -0.1) is 0 Å². The number of hydrogen-bond acceptors (Lipinski definition) is 2. The van der Waals surface area contributed by atoms with E-state index >= 15 is 0 Å². The molecule has 0 radical (unpaired) electrons. The Hall–Kier alpha value is -1.65. The van der Waals surface area contributed by atoms with Gasteiger partial charge in [0.1, 0.15) is 0 Å². The van der Waals surface area contributed by atoms with Gasteiger partial charge in [-0.1, -0.05) is 70.7 Å². The minimum Gasteiger partial charge on any atom is -0.423 e. The molecule has 25 heavy (non-hydrogen) atoms. The molecule has 0 spiro atoms. The molecule has 3 nitrogen and oxygen atoms in total. The number of rotatable bonds is 9. The Morgan fingerprint density at radius 2 is 1.60 bits per heavy atom. The van der Waals surface area contributed by atoms with Crippen molar-refractivity contribution >= 4 is 12.6 Å². The normalized spacial score (nSPS) is 11.6. The lowest BCUT2D eigenvalue weighted by Gasteiger charge is -2.25. The minimum atomic E-state index is -1.46. The molecule has 0 aliphatic heterocycles. The second-order valence-corrected chi connectivity index (χ2v) is 7.41. The van der Waals surface area contributed by atoms with Crippen LogP contribution in [0.25, 0.3) is 0 Å². The summed E-state index contributed by atoms with van der Waals surface area (Å²) in [6, 6.07) is 10.7. The fourth-order valence-electron chi connectivity index (χ4n) is 3.19. The summed E-state index contributed by atoms with van der Waals surface area (Å²) < 4.78 is 0. The molecule has 0 fully saturated rings. The summed E-state index contributed by atoms with van der Waals surface area (Å²) in [6.45, 7) is 6.56. The Bertz CT molecular complexity index is 653. The van der Waals surface area contributed by atoms with Gasteiger partial charge in [-0.05, 0) is 30.0 Å². The third-order valence-electron chi connectivity index (χ3n) is 5.08. The Balaban J connectivity index is 2.05. The van der Waals surface area contributed by atoms with Gasteiger partial charge in [0.2, 0.25) is 0 Å². The highest BCUT2D eigenvalue weighted by Crippen LogP contribution is 2.30. The predicted octanol–water partition coefficient (Wildman–Crippen LogP) is 3.02. The monoisotopic (exact) mass is 340 g/mol. The van der Waals surface area contributed by atoms with E-state index in [2.05, 4.69) is 50.0 Å². The zero-order valence-electron chi connectivity index (χ0n) is 15.8. The average molecular weight is 340 g/mol. The third kappa shape index (κ3) is 5.42. The van der Waals surface area contributed by atoms with Crippen molar-refractivity contribution in [2.75, 3.05) is 0 Å². The van der Waals surface area contributed by atoms with Crippen molar-refractivity contribution in [3.8, 4) is 0 Å². The fourth-order valence-corrected chi connectivity index (χ4v) is 3.19. The number of nitrogens with one attached hydrogen (secondary N) is 1. The zero-order chi connectivity index (χ0) is 18.3. The van der Waals surface area contributed by atoms with E-state index in [4.69, 9.17) is 0 Å².